The molecule has 1 aromatic carbocycles. The zero-order valence-corrected chi connectivity index (χ0v) is 12.6. The molecule has 0 fully saturated rings. The number of para-hydroxylation sites is 1. The van der Waals surface area contributed by atoms with E-state index in [-0.39, 0.29) is 0 Å². The highest BCUT2D eigenvalue weighted by Gasteiger charge is 2.03. The maximum absolute atomic E-state index is 5.39. The maximum atomic E-state index is 5.39. The third kappa shape index (κ3) is 4.14. The largest absolute Gasteiger partial charge is 0.496 e. The standard InChI is InChI=1S/C17H24N2O/c1-14(2)10-18-11-15-8-9-19(12-15)13-16-6-4-5-7-17(16)20-3/h4-9,12,14,18H,10-11,13H2,1-3H3. The third-order valence-corrected chi connectivity index (χ3v) is 3.24. The van der Waals surface area contributed by atoms with Crippen molar-refractivity contribution in [3.8, 4) is 5.75 Å². The summed E-state index contributed by atoms with van der Waals surface area (Å²) in [4.78, 5) is 0. The van der Waals surface area contributed by atoms with Crippen molar-refractivity contribution in [3.63, 3.8) is 0 Å². The van der Waals surface area contributed by atoms with Crippen LogP contribution in [0.5, 0.6) is 5.75 Å². The molecule has 0 unspecified atom stereocenters. The van der Waals surface area contributed by atoms with Gasteiger partial charge in [-0.25, -0.2) is 0 Å². The second-order valence-corrected chi connectivity index (χ2v) is 5.53. The summed E-state index contributed by atoms with van der Waals surface area (Å²) in [6, 6.07) is 10.3. The average Bonchev–Trinajstić information content (AvgIpc) is 2.86. The van der Waals surface area contributed by atoms with Crippen molar-refractivity contribution in [2.24, 2.45) is 5.92 Å². The Kier molecular flexibility index (Phi) is 5.24. The second-order valence-electron chi connectivity index (χ2n) is 5.53. The first-order chi connectivity index (χ1) is 9.69. The smallest absolute Gasteiger partial charge is 0.123 e. The highest BCUT2D eigenvalue weighted by molar-refractivity contribution is 5.33. The Morgan fingerprint density at radius 2 is 2.00 bits per heavy atom. The molecule has 1 aromatic heterocycles. The van der Waals surface area contributed by atoms with Gasteiger partial charge in [-0.05, 0) is 30.2 Å². The van der Waals surface area contributed by atoms with Crippen molar-refractivity contribution in [1.82, 2.24) is 9.88 Å². The van der Waals surface area contributed by atoms with Crippen LogP contribution in [0.2, 0.25) is 0 Å². The number of hydrogen-bond donors (Lipinski definition) is 1. The molecule has 2 aromatic rings. The zero-order valence-electron chi connectivity index (χ0n) is 12.6. The van der Waals surface area contributed by atoms with Crippen molar-refractivity contribution in [2.45, 2.75) is 26.9 Å². The monoisotopic (exact) mass is 272 g/mol. The van der Waals surface area contributed by atoms with Crippen LogP contribution in [0.15, 0.2) is 42.7 Å². The number of aromatic nitrogens is 1. The lowest BCUT2D eigenvalue weighted by atomic mass is 10.2. The molecule has 0 atom stereocenters. The van der Waals surface area contributed by atoms with Crippen LogP contribution in [0, 0.1) is 5.92 Å². The molecular weight excluding hydrogens is 248 g/mol. The number of benzene rings is 1. The quantitative estimate of drug-likeness (QED) is 0.837. The van der Waals surface area contributed by atoms with Gasteiger partial charge in [0, 0.05) is 24.5 Å². The Hall–Kier alpha value is -1.74. The van der Waals surface area contributed by atoms with Gasteiger partial charge in [0.2, 0.25) is 0 Å². The molecule has 3 nitrogen and oxygen atoms in total. The van der Waals surface area contributed by atoms with Gasteiger partial charge in [-0.1, -0.05) is 32.0 Å². The van der Waals surface area contributed by atoms with Gasteiger partial charge in [-0.15, -0.1) is 0 Å². The van der Waals surface area contributed by atoms with Crippen LogP contribution < -0.4 is 10.1 Å². The van der Waals surface area contributed by atoms with Crippen LogP contribution in [0.4, 0.5) is 0 Å². The van der Waals surface area contributed by atoms with E-state index in [0.717, 1.165) is 25.4 Å². The average molecular weight is 272 g/mol. The van der Waals surface area contributed by atoms with Gasteiger partial charge in [0.25, 0.3) is 0 Å². The Morgan fingerprint density at radius 1 is 1.20 bits per heavy atom. The van der Waals surface area contributed by atoms with Crippen molar-refractivity contribution < 1.29 is 4.74 Å². The summed E-state index contributed by atoms with van der Waals surface area (Å²) in [5, 5.41) is 3.46. The SMILES string of the molecule is COc1ccccc1Cn1ccc(CNCC(C)C)c1. The molecule has 0 bridgehead atoms. The number of nitrogens with one attached hydrogen (secondary N) is 1. The maximum Gasteiger partial charge on any atom is 0.123 e. The summed E-state index contributed by atoms with van der Waals surface area (Å²) in [5.41, 5.74) is 2.52. The minimum absolute atomic E-state index is 0.686. The molecule has 0 spiro atoms. The highest BCUT2D eigenvalue weighted by Crippen LogP contribution is 2.18. The van der Waals surface area contributed by atoms with Crippen LogP contribution in [-0.4, -0.2) is 18.2 Å². The molecule has 3 heteroatoms. The summed E-state index contributed by atoms with van der Waals surface area (Å²) < 4.78 is 7.59. The van der Waals surface area contributed by atoms with Crippen LogP contribution in [0.3, 0.4) is 0 Å². The van der Waals surface area contributed by atoms with Gasteiger partial charge >= 0.3 is 0 Å². The Balaban J connectivity index is 1.95. The zero-order chi connectivity index (χ0) is 14.4. The van der Waals surface area contributed by atoms with Crippen LogP contribution >= 0.6 is 0 Å². The van der Waals surface area contributed by atoms with E-state index in [2.05, 4.69) is 48.3 Å². The van der Waals surface area contributed by atoms with Gasteiger partial charge in [0.05, 0.1) is 13.7 Å². The number of hydrogen-bond acceptors (Lipinski definition) is 2. The van der Waals surface area contributed by atoms with Gasteiger partial charge in [0.15, 0.2) is 0 Å². The first-order valence-electron chi connectivity index (χ1n) is 7.16. The minimum atomic E-state index is 0.686. The predicted octanol–water partition coefficient (Wildman–Crippen LogP) is 3.29. The fraction of sp³-hybridized carbons (Fsp3) is 0.412. The molecule has 108 valence electrons. The summed E-state index contributed by atoms with van der Waals surface area (Å²) in [6.07, 6.45) is 4.32. The van der Waals surface area contributed by atoms with E-state index in [1.54, 1.807) is 7.11 Å². The predicted molar refractivity (Wildman–Crippen MR) is 83.1 cm³/mol. The molecule has 1 heterocycles. The van der Waals surface area contributed by atoms with E-state index in [9.17, 15) is 0 Å². The molecule has 1 N–H and O–H groups in total. The third-order valence-electron chi connectivity index (χ3n) is 3.24. The molecule has 20 heavy (non-hydrogen) atoms. The van der Waals surface area contributed by atoms with Gasteiger partial charge in [0.1, 0.15) is 5.75 Å². The van der Waals surface area contributed by atoms with Gasteiger partial charge in [-0.3, -0.25) is 0 Å². The summed E-state index contributed by atoms with van der Waals surface area (Å²) in [6.45, 7) is 7.27. The van der Waals surface area contributed by atoms with Crippen molar-refractivity contribution in [1.29, 1.82) is 0 Å². The first-order valence-corrected chi connectivity index (χ1v) is 7.16. The lowest BCUT2D eigenvalue weighted by Gasteiger charge is -2.09. The van der Waals surface area contributed by atoms with E-state index in [1.165, 1.54) is 11.1 Å². The molecule has 0 saturated heterocycles. The van der Waals surface area contributed by atoms with E-state index < -0.39 is 0 Å². The van der Waals surface area contributed by atoms with Crippen molar-refractivity contribution in [3.05, 3.63) is 53.9 Å². The van der Waals surface area contributed by atoms with Crippen molar-refractivity contribution in [2.75, 3.05) is 13.7 Å². The lowest BCUT2D eigenvalue weighted by molar-refractivity contribution is 0.408. The van der Waals surface area contributed by atoms with Crippen molar-refractivity contribution >= 4 is 0 Å². The molecule has 0 aliphatic rings. The summed E-state index contributed by atoms with van der Waals surface area (Å²) in [5.74, 6) is 1.63. The van der Waals surface area contributed by atoms with E-state index in [1.807, 2.05) is 18.2 Å². The van der Waals surface area contributed by atoms with Crippen LogP contribution in [0.25, 0.3) is 0 Å². The first kappa shape index (κ1) is 14.7. The molecule has 0 saturated carbocycles. The Morgan fingerprint density at radius 3 is 2.75 bits per heavy atom. The topological polar surface area (TPSA) is 26.2 Å². The molecule has 0 amide bonds. The molecule has 0 aliphatic heterocycles. The normalized spacial score (nSPS) is 11.0. The van der Waals surface area contributed by atoms with Gasteiger partial charge in [-0.2, -0.15) is 0 Å². The molecule has 0 aliphatic carbocycles. The number of methoxy groups -OCH3 is 1. The van der Waals surface area contributed by atoms with E-state index in [0.29, 0.717) is 5.92 Å². The Labute approximate surface area is 121 Å². The lowest BCUT2D eigenvalue weighted by Crippen LogP contribution is -2.18. The minimum Gasteiger partial charge on any atom is -0.496 e. The molecular formula is C17H24N2O. The summed E-state index contributed by atoms with van der Waals surface area (Å²) in [7, 11) is 1.72. The summed E-state index contributed by atoms with van der Waals surface area (Å²) >= 11 is 0. The van der Waals surface area contributed by atoms with Crippen LogP contribution in [-0.2, 0) is 13.1 Å². The number of rotatable bonds is 7. The Bertz CT molecular complexity index is 531. The van der Waals surface area contributed by atoms with Crippen LogP contribution in [0.1, 0.15) is 25.0 Å². The number of ether oxygens (including phenoxy) is 1. The van der Waals surface area contributed by atoms with Gasteiger partial charge < -0.3 is 14.6 Å². The molecule has 0 radical (unpaired) electrons. The molecule has 2 rings (SSSR count). The fourth-order valence-corrected chi connectivity index (χ4v) is 2.23. The second kappa shape index (κ2) is 7.15. The van der Waals surface area contributed by atoms with E-state index >= 15 is 0 Å². The van der Waals surface area contributed by atoms with E-state index in [4.69, 9.17) is 4.74 Å². The fourth-order valence-electron chi connectivity index (χ4n) is 2.23. The highest BCUT2D eigenvalue weighted by atomic mass is 16.5. The number of nitrogens with zero attached hydrogens (tertiary/aromatic N) is 1.